The first-order valence-corrected chi connectivity index (χ1v) is 12.6. The molecule has 4 rings (SSSR count). The second-order valence-electron chi connectivity index (χ2n) is 8.57. The second kappa shape index (κ2) is 11.1. The van der Waals surface area contributed by atoms with E-state index in [2.05, 4.69) is 10.6 Å². The third-order valence-corrected chi connectivity index (χ3v) is 7.09. The minimum atomic E-state index is -1.07. The number of carboxylic acids is 1. The number of rotatable bonds is 9. The van der Waals surface area contributed by atoms with Crippen molar-refractivity contribution < 1.29 is 29.0 Å². The number of carbonyl (C=O) groups is 4. The molecule has 2 unspecified atom stereocenters. The average Bonchev–Trinajstić information content (AvgIpc) is 3.56. The third-order valence-electron chi connectivity index (χ3n) is 5.86. The Morgan fingerprint density at radius 3 is 2.67 bits per heavy atom. The van der Waals surface area contributed by atoms with E-state index in [-0.39, 0.29) is 37.9 Å². The predicted octanol–water partition coefficient (Wildman–Crippen LogP) is 2.50. The zero-order chi connectivity index (χ0) is 25.8. The number of carboxylic acid groups (broad SMARTS) is 1. The SMILES string of the molecule is NC1CCN(c2ccc(N3CC(CNC(=O)c4ccc(Cl)s4)OC3=O)cc2NC(=O)CCC(=O)O)C1. The maximum Gasteiger partial charge on any atom is 0.414 e. The van der Waals surface area contributed by atoms with Gasteiger partial charge in [-0.15, -0.1) is 11.3 Å². The van der Waals surface area contributed by atoms with Crippen LogP contribution >= 0.6 is 22.9 Å². The van der Waals surface area contributed by atoms with E-state index in [0.717, 1.165) is 23.4 Å². The third kappa shape index (κ3) is 6.25. The fraction of sp³-hybridized carbons (Fsp3) is 0.391. The number of amides is 3. The van der Waals surface area contributed by atoms with Crippen molar-refractivity contribution in [3.63, 3.8) is 0 Å². The molecule has 11 nitrogen and oxygen atoms in total. The van der Waals surface area contributed by atoms with E-state index in [9.17, 15) is 19.2 Å². The van der Waals surface area contributed by atoms with Crippen LogP contribution in [0.3, 0.4) is 0 Å². The molecule has 36 heavy (non-hydrogen) atoms. The van der Waals surface area contributed by atoms with Crippen LogP contribution in [0.2, 0.25) is 4.34 Å². The lowest BCUT2D eigenvalue weighted by Gasteiger charge is -2.24. The van der Waals surface area contributed by atoms with Gasteiger partial charge in [0, 0.05) is 31.2 Å². The summed E-state index contributed by atoms with van der Waals surface area (Å²) in [6.45, 7) is 1.64. The molecule has 2 saturated heterocycles. The van der Waals surface area contributed by atoms with Crippen LogP contribution in [0.5, 0.6) is 0 Å². The lowest BCUT2D eigenvalue weighted by Crippen LogP contribution is -2.34. The fourth-order valence-electron chi connectivity index (χ4n) is 4.08. The Morgan fingerprint density at radius 1 is 1.19 bits per heavy atom. The molecule has 2 aliphatic rings. The number of hydrogen-bond acceptors (Lipinski definition) is 8. The number of halogens is 1. The summed E-state index contributed by atoms with van der Waals surface area (Å²) < 4.78 is 5.92. The Labute approximate surface area is 216 Å². The summed E-state index contributed by atoms with van der Waals surface area (Å²) in [5.74, 6) is -1.82. The van der Waals surface area contributed by atoms with E-state index in [0.29, 0.717) is 33.7 Å². The van der Waals surface area contributed by atoms with E-state index >= 15 is 0 Å². The van der Waals surface area contributed by atoms with Crippen molar-refractivity contribution in [1.29, 1.82) is 0 Å². The molecule has 1 aromatic carbocycles. The number of benzene rings is 1. The van der Waals surface area contributed by atoms with Crippen LogP contribution in [0.1, 0.15) is 28.9 Å². The maximum absolute atomic E-state index is 12.6. The number of nitrogens with two attached hydrogens (primary N) is 1. The summed E-state index contributed by atoms with van der Waals surface area (Å²) in [7, 11) is 0. The van der Waals surface area contributed by atoms with Crippen LogP contribution in [0.15, 0.2) is 30.3 Å². The molecular weight excluding hydrogens is 510 g/mol. The van der Waals surface area contributed by atoms with E-state index < -0.39 is 24.1 Å². The van der Waals surface area contributed by atoms with Gasteiger partial charge in [0.2, 0.25) is 5.91 Å². The van der Waals surface area contributed by atoms with Gasteiger partial charge < -0.3 is 31.1 Å². The Balaban J connectivity index is 1.46. The molecule has 2 fully saturated rings. The van der Waals surface area contributed by atoms with Gasteiger partial charge in [-0.1, -0.05) is 11.6 Å². The average molecular weight is 536 g/mol. The fourth-order valence-corrected chi connectivity index (χ4v) is 5.04. The van der Waals surface area contributed by atoms with E-state index in [1.54, 1.807) is 30.3 Å². The Hall–Kier alpha value is -3.35. The molecule has 3 amide bonds. The molecule has 0 bridgehead atoms. The topological polar surface area (TPSA) is 154 Å². The second-order valence-corrected chi connectivity index (χ2v) is 10.3. The van der Waals surface area contributed by atoms with Gasteiger partial charge in [0.1, 0.15) is 6.10 Å². The molecule has 0 spiro atoms. The highest BCUT2D eigenvalue weighted by Gasteiger charge is 2.33. The predicted molar refractivity (Wildman–Crippen MR) is 136 cm³/mol. The van der Waals surface area contributed by atoms with E-state index in [1.165, 1.54) is 4.90 Å². The summed E-state index contributed by atoms with van der Waals surface area (Å²) in [5.41, 5.74) is 7.74. The summed E-state index contributed by atoms with van der Waals surface area (Å²) in [4.78, 5) is 52.0. The van der Waals surface area contributed by atoms with Crippen molar-refractivity contribution in [1.82, 2.24) is 5.32 Å². The van der Waals surface area contributed by atoms with Crippen LogP contribution in [0.25, 0.3) is 0 Å². The lowest BCUT2D eigenvalue weighted by molar-refractivity contribution is -0.138. The number of nitrogens with one attached hydrogen (secondary N) is 2. The minimum absolute atomic E-state index is 0.00923. The number of nitrogens with zero attached hydrogens (tertiary/aromatic N) is 2. The number of anilines is 3. The van der Waals surface area contributed by atoms with Crippen LogP contribution in [0, 0.1) is 0 Å². The quantitative estimate of drug-likeness (QED) is 0.382. The normalized spacial score (nSPS) is 19.3. The first-order chi connectivity index (χ1) is 17.2. The van der Waals surface area contributed by atoms with Crippen molar-refractivity contribution in [2.45, 2.75) is 31.4 Å². The zero-order valence-electron chi connectivity index (χ0n) is 19.2. The molecule has 0 radical (unpaired) electrons. The van der Waals surface area contributed by atoms with Gasteiger partial charge in [-0.3, -0.25) is 19.3 Å². The molecule has 5 N–H and O–H groups in total. The summed E-state index contributed by atoms with van der Waals surface area (Å²) in [5, 5.41) is 14.4. The van der Waals surface area contributed by atoms with Crippen molar-refractivity contribution in [3.05, 3.63) is 39.5 Å². The molecule has 1 aromatic heterocycles. The highest BCUT2D eigenvalue weighted by Crippen LogP contribution is 2.34. The number of aliphatic carboxylic acids is 1. The Bertz CT molecular complexity index is 1170. The summed E-state index contributed by atoms with van der Waals surface area (Å²) in [6, 6.07) is 8.47. The van der Waals surface area contributed by atoms with Gasteiger partial charge in [0.05, 0.1) is 40.1 Å². The molecule has 3 heterocycles. The lowest BCUT2D eigenvalue weighted by atomic mass is 10.2. The van der Waals surface area contributed by atoms with Gasteiger partial charge in [0.25, 0.3) is 5.91 Å². The number of carbonyl (C=O) groups excluding carboxylic acids is 3. The standard InChI is InChI=1S/C23H26ClN5O6S/c24-19-4-3-18(36-19)22(33)26-10-15-12-29(23(34)35-15)14-1-2-17(28-8-7-13(25)11-28)16(9-14)27-20(30)5-6-21(31)32/h1-4,9,13,15H,5-8,10-12,25H2,(H,26,33)(H,27,30)(H,31,32). The molecule has 2 atom stereocenters. The molecule has 13 heteroatoms. The first kappa shape index (κ1) is 25.7. The zero-order valence-corrected chi connectivity index (χ0v) is 20.8. The van der Waals surface area contributed by atoms with Crippen molar-refractivity contribution in [2.75, 3.05) is 41.3 Å². The molecule has 2 aromatic rings. The van der Waals surface area contributed by atoms with Crippen molar-refractivity contribution in [3.8, 4) is 0 Å². The highest BCUT2D eigenvalue weighted by atomic mass is 35.5. The number of cyclic esters (lactones) is 1. The van der Waals surface area contributed by atoms with Gasteiger partial charge in [-0.25, -0.2) is 4.79 Å². The minimum Gasteiger partial charge on any atom is -0.481 e. The highest BCUT2D eigenvalue weighted by molar-refractivity contribution is 7.18. The summed E-state index contributed by atoms with van der Waals surface area (Å²) >= 11 is 7.03. The number of hydrogen-bond donors (Lipinski definition) is 4. The molecule has 0 aliphatic carbocycles. The first-order valence-electron chi connectivity index (χ1n) is 11.4. The van der Waals surface area contributed by atoms with Gasteiger partial charge in [-0.2, -0.15) is 0 Å². The molecule has 0 saturated carbocycles. The molecule has 192 valence electrons. The molecule has 2 aliphatic heterocycles. The van der Waals surface area contributed by atoms with Gasteiger partial charge >= 0.3 is 12.1 Å². The maximum atomic E-state index is 12.6. The van der Waals surface area contributed by atoms with Gasteiger partial charge in [-0.05, 0) is 36.8 Å². The largest absolute Gasteiger partial charge is 0.481 e. The van der Waals surface area contributed by atoms with E-state index in [1.807, 2.05) is 4.90 Å². The monoisotopic (exact) mass is 535 g/mol. The smallest absolute Gasteiger partial charge is 0.414 e. The number of thiophene rings is 1. The van der Waals surface area contributed by atoms with Crippen LogP contribution in [0.4, 0.5) is 21.9 Å². The van der Waals surface area contributed by atoms with Crippen LogP contribution < -0.4 is 26.2 Å². The summed E-state index contributed by atoms with van der Waals surface area (Å²) in [6.07, 6.45) is -0.813. The molecular formula is C23H26ClN5O6S. The van der Waals surface area contributed by atoms with Crippen molar-refractivity contribution in [2.24, 2.45) is 5.73 Å². The van der Waals surface area contributed by atoms with Crippen LogP contribution in [-0.4, -0.2) is 67.3 Å². The number of ether oxygens (including phenoxy) is 1. The Morgan fingerprint density at radius 2 is 2.00 bits per heavy atom. The Kier molecular flexibility index (Phi) is 7.97. The van der Waals surface area contributed by atoms with E-state index in [4.69, 9.17) is 27.2 Å². The van der Waals surface area contributed by atoms with Crippen molar-refractivity contribution >= 4 is 63.9 Å². The van der Waals surface area contributed by atoms with Gasteiger partial charge in [0.15, 0.2) is 0 Å². The van der Waals surface area contributed by atoms with Crippen LogP contribution in [-0.2, 0) is 14.3 Å².